The van der Waals surface area contributed by atoms with E-state index in [0.29, 0.717) is 0 Å². The summed E-state index contributed by atoms with van der Waals surface area (Å²) in [5.41, 5.74) is 2.36. The van der Waals surface area contributed by atoms with Gasteiger partial charge in [0.15, 0.2) is 5.11 Å². The topological polar surface area (TPSA) is 18.5 Å². The molecule has 0 spiro atoms. The van der Waals surface area contributed by atoms with Gasteiger partial charge in [-0.1, -0.05) is 48.5 Å². The lowest BCUT2D eigenvalue weighted by molar-refractivity contribution is 0.400. The van der Waals surface area contributed by atoms with Crippen molar-refractivity contribution in [2.75, 3.05) is 32.1 Å². The van der Waals surface area contributed by atoms with Gasteiger partial charge in [-0.05, 0) is 57.0 Å². The molecule has 0 saturated carbocycles. The summed E-state index contributed by atoms with van der Waals surface area (Å²) >= 11 is 5.64. The van der Waals surface area contributed by atoms with E-state index in [1.165, 1.54) is 5.56 Å². The zero-order valence-electron chi connectivity index (χ0n) is 13.9. The Hall–Kier alpha value is -1.91. The maximum absolute atomic E-state index is 5.64. The number of hydrogen-bond donors (Lipinski definition) is 1. The minimum atomic E-state index is 0.768. The molecule has 23 heavy (non-hydrogen) atoms. The Balaban J connectivity index is 2.03. The summed E-state index contributed by atoms with van der Waals surface area (Å²) in [5.74, 6) is 0. The van der Waals surface area contributed by atoms with Crippen LogP contribution in [0.4, 0.5) is 5.69 Å². The minimum absolute atomic E-state index is 0.768. The van der Waals surface area contributed by atoms with Gasteiger partial charge in [-0.25, -0.2) is 0 Å². The zero-order valence-corrected chi connectivity index (χ0v) is 14.7. The Bertz CT molecular complexity index is 584. The predicted molar refractivity (Wildman–Crippen MR) is 103 cm³/mol. The molecule has 122 valence electrons. The van der Waals surface area contributed by atoms with Gasteiger partial charge < -0.3 is 15.1 Å². The van der Waals surface area contributed by atoms with Gasteiger partial charge in [0.1, 0.15) is 0 Å². The summed E-state index contributed by atoms with van der Waals surface area (Å²) in [6.07, 6.45) is 1.07. The van der Waals surface area contributed by atoms with Crippen LogP contribution in [0.25, 0.3) is 0 Å². The van der Waals surface area contributed by atoms with Crippen molar-refractivity contribution in [3.05, 3.63) is 66.2 Å². The van der Waals surface area contributed by atoms with Gasteiger partial charge in [0.25, 0.3) is 0 Å². The molecule has 0 bridgehead atoms. The average molecular weight is 327 g/mol. The predicted octanol–water partition coefficient (Wildman–Crippen LogP) is 3.52. The summed E-state index contributed by atoms with van der Waals surface area (Å²) in [7, 11) is 4.17. The van der Waals surface area contributed by atoms with Crippen LogP contribution in [-0.2, 0) is 6.54 Å². The van der Waals surface area contributed by atoms with Crippen molar-refractivity contribution < 1.29 is 0 Å². The molecule has 0 saturated heterocycles. The van der Waals surface area contributed by atoms with E-state index in [4.69, 9.17) is 12.2 Å². The molecule has 0 heterocycles. The summed E-state index contributed by atoms with van der Waals surface area (Å²) in [5, 5.41) is 4.16. The third kappa shape index (κ3) is 6.00. The molecule has 0 aliphatic heterocycles. The third-order valence-corrected chi connectivity index (χ3v) is 3.92. The Morgan fingerprint density at radius 1 is 0.957 bits per heavy atom. The fraction of sp³-hybridized carbons (Fsp3) is 0.316. The van der Waals surface area contributed by atoms with E-state index < -0.39 is 0 Å². The van der Waals surface area contributed by atoms with Crippen molar-refractivity contribution in [1.29, 1.82) is 0 Å². The van der Waals surface area contributed by atoms with Crippen LogP contribution in [0.15, 0.2) is 60.7 Å². The number of nitrogens with zero attached hydrogens (tertiary/aromatic N) is 2. The zero-order chi connectivity index (χ0) is 16.5. The molecule has 3 nitrogen and oxygen atoms in total. The molecule has 1 N–H and O–H groups in total. The molecule has 0 aromatic heterocycles. The van der Waals surface area contributed by atoms with Crippen molar-refractivity contribution in [3.63, 3.8) is 0 Å². The Labute approximate surface area is 144 Å². The van der Waals surface area contributed by atoms with Crippen LogP contribution < -0.4 is 10.2 Å². The number of para-hydroxylation sites is 1. The second-order valence-corrected chi connectivity index (χ2v) is 6.18. The lowest BCUT2D eigenvalue weighted by atomic mass is 10.2. The first-order chi connectivity index (χ1) is 11.2. The van der Waals surface area contributed by atoms with Crippen LogP contribution in [-0.4, -0.2) is 37.2 Å². The molecule has 0 fully saturated rings. The van der Waals surface area contributed by atoms with E-state index in [9.17, 15) is 0 Å². The minimum Gasteiger partial charge on any atom is -0.362 e. The largest absolute Gasteiger partial charge is 0.362 e. The Morgan fingerprint density at radius 3 is 2.17 bits per heavy atom. The van der Waals surface area contributed by atoms with Gasteiger partial charge in [-0.3, -0.25) is 0 Å². The normalized spacial score (nSPS) is 10.6. The van der Waals surface area contributed by atoms with E-state index in [-0.39, 0.29) is 0 Å². The summed E-state index contributed by atoms with van der Waals surface area (Å²) in [6.45, 7) is 2.71. The van der Waals surface area contributed by atoms with E-state index in [0.717, 1.165) is 36.9 Å². The van der Waals surface area contributed by atoms with Gasteiger partial charge in [0, 0.05) is 12.2 Å². The van der Waals surface area contributed by atoms with Gasteiger partial charge in [0.2, 0.25) is 0 Å². The molecular weight excluding hydrogens is 302 g/mol. The monoisotopic (exact) mass is 327 g/mol. The van der Waals surface area contributed by atoms with Crippen molar-refractivity contribution in [1.82, 2.24) is 10.2 Å². The number of hydrogen-bond acceptors (Lipinski definition) is 2. The molecule has 0 unspecified atom stereocenters. The number of benzene rings is 2. The van der Waals surface area contributed by atoms with Crippen LogP contribution in [0.3, 0.4) is 0 Å². The molecular formula is C19H25N3S. The maximum Gasteiger partial charge on any atom is 0.173 e. The molecule has 0 atom stereocenters. The first-order valence-electron chi connectivity index (χ1n) is 7.96. The summed E-state index contributed by atoms with van der Waals surface area (Å²) in [4.78, 5) is 4.34. The third-order valence-electron chi connectivity index (χ3n) is 3.55. The van der Waals surface area contributed by atoms with Crippen LogP contribution in [0, 0.1) is 0 Å². The highest BCUT2D eigenvalue weighted by Gasteiger charge is 2.12. The van der Waals surface area contributed by atoms with Crippen molar-refractivity contribution >= 4 is 23.0 Å². The molecule has 2 aromatic rings. The highest BCUT2D eigenvalue weighted by molar-refractivity contribution is 7.80. The van der Waals surface area contributed by atoms with Gasteiger partial charge in [0.05, 0.1) is 6.54 Å². The van der Waals surface area contributed by atoms with Gasteiger partial charge in [-0.2, -0.15) is 0 Å². The van der Waals surface area contributed by atoms with Crippen LogP contribution in [0.5, 0.6) is 0 Å². The number of thiocarbonyl (C=S) groups is 1. The standard InChI is InChI=1S/C19H25N3S/c1-21(2)15-9-14-20-19(23)22(18-12-7-4-8-13-18)16-17-10-5-3-6-11-17/h3-8,10-13H,9,14-16H2,1-2H3,(H,20,23). The van der Waals surface area contributed by atoms with Gasteiger partial charge in [-0.15, -0.1) is 0 Å². The molecule has 4 heteroatoms. The van der Waals surface area contributed by atoms with Crippen molar-refractivity contribution in [3.8, 4) is 0 Å². The lowest BCUT2D eigenvalue weighted by Gasteiger charge is -2.26. The molecule has 0 aliphatic carbocycles. The first-order valence-corrected chi connectivity index (χ1v) is 8.36. The fourth-order valence-corrected chi connectivity index (χ4v) is 2.61. The lowest BCUT2D eigenvalue weighted by Crippen LogP contribution is -2.40. The Kier molecular flexibility index (Phi) is 7.04. The summed E-state index contributed by atoms with van der Waals surface area (Å²) in [6, 6.07) is 20.7. The Morgan fingerprint density at radius 2 is 1.57 bits per heavy atom. The van der Waals surface area contributed by atoms with E-state index in [1.807, 2.05) is 24.3 Å². The second-order valence-electron chi connectivity index (χ2n) is 5.80. The molecule has 0 amide bonds. The van der Waals surface area contributed by atoms with E-state index in [1.54, 1.807) is 0 Å². The smallest absolute Gasteiger partial charge is 0.173 e. The van der Waals surface area contributed by atoms with Gasteiger partial charge >= 0.3 is 0 Å². The van der Waals surface area contributed by atoms with Crippen molar-refractivity contribution in [2.24, 2.45) is 0 Å². The van der Waals surface area contributed by atoms with Crippen LogP contribution in [0.1, 0.15) is 12.0 Å². The van der Waals surface area contributed by atoms with E-state index in [2.05, 4.69) is 65.6 Å². The number of rotatable bonds is 7. The number of nitrogens with one attached hydrogen (secondary N) is 1. The van der Waals surface area contributed by atoms with Crippen LogP contribution >= 0.6 is 12.2 Å². The molecule has 0 aliphatic rings. The first kappa shape index (κ1) is 17.4. The molecule has 2 rings (SSSR count). The highest BCUT2D eigenvalue weighted by Crippen LogP contribution is 2.17. The van der Waals surface area contributed by atoms with E-state index >= 15 is 0 Å². The number of anilines is 1. The summed E-state index contributed by atoms with van der Waals surface area (Å²) < 4.78 is 0. The van der Waals surface area contributed by atoms with Crippen molar-refractivity contribution in [2.45, 2.75) is 13.0 Å². The SMILES string of the molecule is CN(C)CCCNC(=S)N(Cc1ccccc1)c1ccccc1. The molecule has 0 radical (unpaired) electrons. The fourth-order valence-electron chi connectivity index (χ4n) is 2.34. The van der Waals surface area contributed by atoms with Crippen LogP contribution in [0.2, 0.25) is 0 Å². The second kappa shape index (κ2) is 9.28. The quantitative estimate of drug-likeness (QED) is 0.619. The average Bonchev–Trinajstić information content (AvgIpc) is 2.58. The highest BCUT2D eigenvalue weighted by atomic mass is 32.1. The molecule has 2 aromatic carbocycles. The maximum atomic E-state index is 5.64.